The Morgan fingerprint density at radius 2 is 1.17 bits per heavy atom. The maximum Gasteiger partial charge on any atom is 0.0314 e. The summed E-state index contributed by atoms with van der Waals surface area (Å²) in [7, 11) is 0. The van der Waals surface area contributed by atoms with Crippen LogP contribution in [0, 0.1) is 13.8 Å². The minimum atomic E-state index is 0.0939. The van der Waals surface area contributed by atoms with Gasteiger partial charge in [-0.1, -0.05) is 58.9 Å². The Morgan fingerprint density at radius 1 is 0.733 bits per heavy atom. The van der Waals surface area contributed by atoms with Gasteiger partial charge in [-0.2, -0.15) is 0 Å². The summed E-state index contributed by atoms with van der Waals surface area (Å²) in [6.07, 6.45) is 1.09. The zero-order chi connectivity index (χ0) is 22.2. The minimum absolute atomic E-state index is 0.0939. The summed E-state index contributed by atoms with van der Waals surface area (Å²) in [6.45, 7) is 16.2. The van der Waals surface area contributed by atoms with Crippen LogP contribution in [0.3, 0.4) is 0 Å². The molecular formula is C28H36N2. The summed E-state index contributed by atoms with van der Waals surface area (Å²) in [5, 5.41) is 0. The van der Waals surface area contributed by atoms with Gasteiger partial charge in [-0.25, -0.2) is 0 Å². The maximum atomic E-state index is 6.03. The first kappa shape index (κ1) is 22.0. The summed E-state index contributed by atoms with van der Waals surface area (Å²) >= 11 is 0. The van der Waals surface area contributed by atoms with Crippen LogP contribution < -0.4 is 11.5 Å². The Labute approximate surface area is 182 Å². The molecule has 0 fully saturated rings. The molecule has 0 unspecified atom stereocenters. The SMILES string of the molecule is CCC(C)(C)c1c(C)c(C)c(-c2ccc(N)cc2)c(-c2ccc(N)cc2)c1C(C)C. The molecule has 0 radical (unpaired) electrons. The lowest BCUT2D eigenvalue weighted by molar-refractivity contribution is 0.495. The van der Waals surface area contributed by atoms with E-state index >= 15 is 0 Å². The first-order chi connectivity index (χ1) is 14.1. The van der Waals surface area contributed by atoms with Crippen LogP contribution in [-0.4, -0.2) is 0 Å². The van der Waals surface area contributed by atoms with Crippen LogP contribution in [0.4, 0.5) is 11.4 Å². The normalized spacial score (nSPS) is 11.9. The lowest BCUT2D eigenvalue weighted by atomic mass is 9.69. The highest BCUT2D eigenvalue weighted by Gasteiger charge is 2.30. The first-order valence-electron chi connectivity index (χ1n) is 11.0. The second-order valence-electron chi connectivity index (χ2n) is 9.42. The van der Waals surface area contributed by atoms with Gasteiger partial charge in [0.25, 0.3) is 0 Å². The van der Waals surface area contributed by atoms with E-state index in [1.165, 1.54) is 44.5 Å². The van der Waals surface area contributed by atoms with Gasteiger partial charge in [-0.05, 0) is 100 Å². The van der Waals surface area contributed by atoms with Crippen LogP contribution in [0.1, 0.15) is 69.2 Å². The number of anilines is 2. The van der Waals surface area contributed by atoms with Gasteiger partial charge in [-0.15, -0.1) is 0 Å². The van der Waals surface area contributed by atoms with E-state index in [1.54, 1.807) is 0 Å². The van der Waals surface area contributed by atoms with Crippen molar-refractivity contribution in [1.82, 2.24) is 0 Å². The molecule has 3 rings (SSSR count). The number of rotatable bonds is 5. The Balaban J connectivity index is 2.54. The molecule has 2 heteroatoms. The second-order valence-corrected chi connectivity index (χ2v) is 9.42. The van der Waals surface area contributed by atoms with Crippen molar-refractivity contribution >= 4 is 11.4 Å². The third-order valence-electron chi connectivity index (χ3n) is 6.64. The topological polar surface area (TPSA) is 52.0 Å². The standard InChI is InChI=1S/C28H36N2/c1-8-28(6,7)27-19(5)18(4)25(20-9-13-22(29)14-10-20)26(24(27)17(2)3)21-11-15-23(30)16-12-21/h9-17H,8,29-30H2,1-7H3. The molecule has 0 heterocycles. The Morgan fingerprint density at radius 3 is 1.57 bits per heavy atom. The number of hydrogen-bond donors (Lipinski definition) is 2. The van der Waals surface area contributed by atoms with E-state index in [2.05, 4.69) is 72.7 Å². The number of hydrogen-bond acceptors (Lipinski definition) is 2. The van der Waals surface area contributed by atoms with Gasteiger partial charge >= 0.3 is 0 Å². The second kappa shape index (κ2) is 8.18. The van der Waals surface area contributed by atoms with Crippen molar-refractivity contribution in [3.63, 3.8) is 0 Å². The molecule has 0 aliphatic rings. The summed E-state index contributed by atoms with van der Waals surface area (Å²) < 4.78 is 0. The molecule has 158 valence electrons. The van der Waals surface area contributed by atoms with Crippen LogP contribution >= 0.6 is 0 Å². The van der Waals surface area contributed by atoms with Gasteiger partial charge in [0.15, 0.2) is 0 Å². The van der Waals surface area contributed by atoms with E-state index in [0.717, 1.165) is 17.8 Å². The fourth-order valence-electron chi connectivity index (χ4n) is 4.61. The van der Waals surface area contributed by atoms with Gasteiger partial charge in [-0.3, -0.25) is 0 Å². The van der Waals surface area contributed by atoms with Gasteiger partial charge in [0, 0.05) is 11.4 Å². The Kier molecular flexibility index (Phi) is 5.99. The predicted molar refractivity (Wildman–Crippen MR) is 133 cm³/mol. The highest BCUT2D eigenvalue weighted by atomic mass is 14.5. The largest absolute Gasteiger partial charge is 0.399 e. The number of nitrogens with two attached hydrogens (primary N) is 2. The third-order valence-corrected chi connectivity index (χ3v) is 6.64. The fraction of sp³-hybridized carbons (Fsp3) is 0.357. The molecule has 0 saturated heterocycles. The van der Waals surface area contributed by atoms with Crippen molar-refractivity contribution in [2.24, 2.45) is 0 Å². The molecule has 0 aliphatic carbocycles. The molecule has 3 aromatic rings. The predicted octanol–water partition coefficient (Wildman–Crippen LogP) is 7.61. The molecule has 3 aromatic carbocycles. The van der Waals surface area contributed by atoms with Crippen LogP contribution in [0.2, 0.25) is 0 Å². The average molecular weight is 401 g/mol. The number of nitrogen functional groups attached to an aromatic ring is 2. The van der Waals surface area contributed by atoms with Gasteiger partial charge in [0.1, 0.15) is 0 Å². The molecule has 0 aromatic heterocycles. The molecule has 0 spiro atoms. The van der Waals surface area contributed by atoms with E-state index in [9.17, 15) is 0 Å². The van der Waals surface area contributed by atoms with Gasteiger partial charge < -0.3 is 11.5 Å². The van der Waals surface area contributed by atoms with Crippen LogP contribution in [0.15, 0.2) is 48.5 Å². The van der Waals surface area contributed by atoms with Crippen LogP contribution in [0.5, 0.6) is 0 Å². The Bertz CT molecular complexity index is 1040. The first-order valence-corrected chi connectivity index (χ1v) is 11.0. The smallest absolute Gasteiger partial charge is 0.0314 e. The summed E-state index contributed by atoms with van der Waals surface area (Å²) in [5.41, 5.74) is 24.4. The highest BCUT2D eigenvalue weighted by Crippen LogP contribution is 2.48. The molecule has 2 nitrogen and oxygen atoms in total. The Hall–Kier alpha value is -2.74. The summed E-state index contributed by atoms with van der Waals surface area (Å²) in [6, 6.07) is 16.6. The molecule has 0 bridgehead atoms. The van der Waals surface area contributed by atoms with E-state index in [-0.39, 0.29) is 5.41 Å². The van der Waals surface area contributed by atoms with Crippen molar-refractivity contribution in [2.45, 2.75) is 66.2 Å². The molecule has 4 N–H and O–H groups in total. The van der Waals surface area contributed by atoms with E-state index < -0.39 is 0 Å². The van der Waals surface area contributed by atoms with Crippen molar-refractivity contribution in [3.05, 3.63) is 70.8 Å². The molecular weight excluding hydrogens is 364 g/mol. The van der Waals surface area contributed by atoms with Crippen molar-refractivity contribution in [2.75, 3.05) is 11.5 Å². The highest BCUT2D eigenvalue weighted by molar-refractivity contribution is 5.91. The monoisotopic (exact) mass is 400 g/mol. The lowest BCUT2D eigenvalue weighted by Crippen LogP contribution is -2.22. The fourth-order valence-corrected chi connectivity index (χ4v) is 4.61. The average Bonchev–Trinajstić information content (AvgIpc) is 2.70. The van der Waals surface area contributed by atoms with Crippen LogP contribution in [-0.2, 0) is 5.41 Å². The van der Waals surface area contributed by atoms with E-state index in [0.29, 0.717) is 5.92 Å². The third kappa shape index (κ3) is 3.84. The molecule has 0 aliphatic heterocycles. The molecule has 0 atom stereocenters. The lowest BCUT2D eigenvalue weighted by Gasteiger charge is -2.35. The minimum Gasteiger partial charge on any atom is -0.399 e. The summed E-state index contributed by atoms with van der Waals surface area (Å²) in [5.74, 6) is 0.394. The van der Waals surface area contributed by atoms with Gasteiger partial charge in [0.05, 0.1) is 0 Å². The van der Waals surface area contributed by atoms with Crippen LogP contribution in [0.25, 0.3) is 22.3 Å². The quantitative estimate of drug-likeness (QED) is 0.433. The van der Waals surface area contributed by atoms with Crippen molar-refractivity contribution in [1.29, 1.82) is 0 Å². The van der Waals surface area contributed by atoms with E-state index in [1.807, 2.05) is 24.3 Å². The zero-order valence-electron chi connectivity index (χ0n) is 19.6. The molecule has 0 amide bonds. The van der Waals surface area contributed by atoms with Crippen molar-refractivity contribution < 1.29 is 0 Å². The molecule has 0 saturated carbocycles. The summed E-state index contributed by atoms with van der Waals surface area (Å²) in [4.78, 5) is 0. The number of benzene rings is 3. The maximum absolute atomic E-state index is 6.03. The zero-order valence-corrected chi connectivity index (χ0v) is 19.6. The molecule has 30 heavy (non-hydrogen) atoms. The van der Waals surface area contributed by atoms with Crippen molar-refractivity contribution in [3.8, 4) is 22.3 Å². The van der Waals surface area contributed by atoms with Gasteiger partial charge in [0.2, 0.25) is 0 Å². The van der Waals surface area contributed by atoms with E-state index in [4.69, 9.17) is 11.5 Å².